The first kappa shape index (κ1) is 17.9. The van der Waals surface area contributed by atoms with Crippen LogP contribution in [-0.2, 0) is 28.9 Å². The molecule has 6 heteroatoms. The van der Waals surface area contributed by atoms with Gasteiger partial charge in [0, 0.05) is 32.1 Å². The molecular formula is C19H27N3O3. The van der Waals surface area contributed by atoms with E-state index in [4.69, 9.17) is 5.21 Å². The molecule has 0 saturated carbocycles. The van der Waals surface area contributed by atoms with E-state index in [-0.39, 0.29) is 17.7 Å². The van der Waals surface area contributed by atoms with Gasteiger partial charge in [0.15, 0.2) is 0 Å². The summed E-state index contributed by atoms with van der Waals surface area (Å²) in [5.74, 6) is -0.331. The summed E-state index contributed by atoms with van der Waals surface area (Å²) in [6, 6.07) is 6.18. The molecule has 1 heterocycles. The third-order valence-corrected chi connectivity index (χ3v) is 5.51. The molecule has 1 aliphatic heterocycles. The first-order valence-electron chi connectivity index (χ1n) is 9.15. The lowest BCUT2D eigenvalue weighted by atomic mass is 9.82. The minimum absolute atomic E-state index is 0.177. The molecule has 1 aromatic rings. The third-order valence-electron chi connectivity index (χ3n) is 5.51. The van der Waals surface area contributed by atoms with Crippen LogP contribution in [0.3, 0.4) is 0 Å². The summed E-state index contributed by atoms with van der Waals surface area (Å²) >= 11 is 0. The predicted octanol–water partition coefficient (Wildman–Crippen LogP) is 1.00. The molecule has 0 bridgehead atoms. The highest BCUT2D eigenvalue weighted by molar-refractivity contribution is 5.79. The Morgan fingerprint density at radius 2 is 1.96 bits per heavy atom. The van der Waals surface area contributed by atoms with Crippen molar-refractivity contribution in [1.29, 1.82) is 0 Å². The van der Waals surface area contributed by atoms with E-state index in [9.17, 15) is 9.59 Å². The highest BCUT2D eigenvalue weighted by atomic mass is 16.5. The van der Waals surface area contributed by atoms with Crippen molar-refractivity contribution in [3.05, 3.63) is 34.9 Å². The van der Waals surface area contributed by atoms with E-state index < -0.39 is 0 Å². The van der Waals surface area contributed by atoms with Crippen molar-refractivity contribution < 1.29 is 14.8 Å². The summed E-state index contributed by atoms with van der Waals surface area (Å²) in [4.78, 5) is 28.5. The lowest BCUT2D eigenvalue weighted by Gasteiger charge is -2.34. The first-order chi connectivity index (χ1) is 12.1. The van der Waals surface area contributed by atoms with E-state index in [1.807, 2.05) is 11.0 Å². The van der Waals surface area contributed by atoms with Crippen molar-refractivity contribution in [3.63, 3.8) is 0 Å². The molecule has 6 nitrogen and oxygen atoms in total. The first-order valence-corrected chi connectivity index (χ1v) is 9.15. The molecule has 0 spiro atoms. The van der Waals surface area contributed by atoms with Crippen LogP contribution in [0.15, 0.2) is 18.2 Å². The van der Waals surface area contributed by atoms with Crippen molar-refractivity contribution in [3.8, 4) is 0 Å². The number of rotatable bonds is 4. The number of amides is 2. The van der Waals surface area contributed by atoms with E-state index in [2.05, 4.69) is 24.0 Å². The minimum Gasteiger partial charge on any atom is -0.340 e. The number of likely N-dealkylation sites (N-methyl/N-ethyl adjacent to an activating group) is 1. The maximum Gasteiger partial charge on any atom is 0.246 e. The fraction of sp³-hybridized carbons (Fsp3) is 0.579. The average molecular weight is 345 g/mol. The molecule has 1 fully saturated rings. The molecule has 0 radical (unpaired) electrons. The zero-order valence-electron chi connectivity index (χ0n) is 14.8. The minimum atomic E-state index is -0.319. The molecule has 1 saturated heterocycles. The molecule has 25 heavy (non-hydrogen) atoms. The van der Waals surface area contributed by atoms with Gasteiger partial charge >= 0.3 is 0 Å². The number of nitrogens with one attached hydrogen (secondary N) is 1. The van der Waals surface area contributed by atoms with Crippen LogP contribution >= 0.6 is 0 Å². The summed E-state index contributed by atoms with van der Waals surface area (Å²) < 4.78 is 0. The molecule has 1 aromatic carbocycles. The third kappa shape index (κ3) is 4.19. The number of hydrogen-bond acceptors (Lipinski definition) is 4. The zero-order chi connectivity index (χ0) is 17.8. The summed E-state index contributed by atoms with van der Waals surface area (Å²) in [7, 11) is 0. The van der Waals surface area contributed by atoms with E-state index in [1.54, 1.807) is 5.48 Å². The number of benzene rings is 1. The normalized spacial score (nSPS) is 20.9. The zero-order valence-corrected chi connectivity index (χ0v) is 14.8. The van der Waals surface area contributed by atoms with E-state index in [0.717, 1.165) is 56.7 Å². The van der Waals surface area contributed by atoms with Gasteiger partial charge in [-0.15, -0.1) is 0 Å². The van der Waals surface area contributed by atoms with Gasteiger partial charge in [0.2, 0.25) is 11.8 Å². The molecule has 2 aliphatic rings. The van der Waals surface area contributed by atoms with Gasteiger partial charge in [0.05, 0.1) is 6.42 Å². The topological polar surface area (TPSA) is 72.9 Å². The number of hydrogen-bond donors (Lipinski definition) is 2. The fourth-order valence-electron chi connectivity index (χ4n) is 3.84. The molecular weight excluding hydrogens is 318 g/mol. The van der Waals surface area contributed by atoms with Gasteiger partial charge in [-0.2, -0.15) is 0 Å². The Bertz CT molecular complexity index is 639. The van der Waals surface area contributed by atoms with E-state index in [1.165, 1.54) is 5.56 Å². The Morgan fingerprint density at radius 3 is 2.64 bits per heavy atom. The van der Waals surface area contributed by atoms with Gasteiger partial charge in [0.1, 0.15) is 0 Å². The van der Waals surface area contributed by atoms with E-state index >= 15 is 0 Å². The van der Waals surface area contributed by atoms with Crippen LogP contribution in [0.4, 0.5) is 0 Å². The fourth-order valence-corrected chi connectivity index (χ4v) is 3.84. The number of carbonyl (C=O) groups is 2. The summed E-state index contributed by atoms with van der Waals surface area (Å²) in [6.45, 7) is 6.69. The highest BCUT2D eigenvalue weighted by Gasteiger charge is 2.25. The monoisotopic (exact) mass is 345 g/mol. The predicted molar refractivity (Wildman–Crippen MR) is 94.3 cm³/mol. The maximum absolute atomic E-state index is 12.6. The largest absolute Gasteiger partial charge is 0.340 e. The second-order valence-electron chi connectivity index (χ2n) is 7.01. The molecule has 1 unspecified atom stereocenters. The molecule has 0 aromatic heterocycles. The van der Waals surface area contributed by atoms with Crippen molar-refractivity contribution in [2.45, 2.75) is 32.6 Å². The lowest BCUT2D eigenvalue weighted by Crippen LogP contribution is -2.48. The Morgan fingerprint density at radius 1 is 1.20 bits per heavy atom. The van der Waals surface area contributed by atoms with Crippen molar-refractivity contribution in [2.75, 3.05) is 32.7 Å². The Kier molecular flexibility index (Phi) is 5.71. The van der Waals surface area contributed by atoms with Gasteiger partial charge < -0.3 is 9.80 Å². The number of carbonyl (C=O) groups excluding carboxylic acids is 2. The van der Waals surface area contributed by atoms with Crippen LogP contribution in [0.5, 0.6) is 0 Å². The number of hydroxylamine groups is 1. The average Bonchev–Trinajstić information content (AvgIpc) is 2.66. The van der Waals surface area contributed by atoms with Gasteiger partial charge in [-0.05, 0) is 42.5 Å². The lowest BCUT2D eigenvalue weighted by molar-refractivity contribution is -0.134. The number of fused-ring (bicyclic) bond motifs is 1. The Hall–Kier alpha value is -1.92. The smallest absolute Gasteiger partial charge is 0.246 e. The second kappa shape index (κ2) is 7.97. The van der Waals surface area contributed by atoms with Crippen LogP contribution in [0.2, 0.25) is 0 Å². The number of nitrogens with zero attached hydrogens (tertiary/aromatic N) is 2. The van der Waals surface area contributed by atoms with Crippen LogP contribution in [-0.4, -0.2) is 59.5 Å². The van der Waals surface area contributed by atoms with Gasteiger partial charge in [-0.25, -0.2) is 5.48 Å². The van der Waals surface area contributed by atoms with Gasteiger partial charge in [0.25, 0.3) is 0 Å². The van der Waals surface area contributed by atoms with Crippen LogP contribution in [0.25, 0.3) is 0 Å². The van der Waals surface area contributed by atoms with Gasteiger partial charge in [-0.1, -0.05) is 25.1 Å². The van der Waals surface area contributed by atoms with Crippen LogP contribution in [0, 0.1) is 5.92 Å². The standard InChI is InChI=1S/C19H27N3O3/c1-2-21-7-9-22(10-8-21)18(23)12-14-3-4-15-5-6-16(19(24)20-25)13-17(15)11-14/h3-4,11,16,25H,2,5-10,12-13H2,1H3,(H,20,24). The van der Waals surface area contributed by atoms with E-state index in [0.29, 0.717) is 12.8 Å². The quantitative estimate of drug-likeness (QED) is 0.631. The number of piperazine rings is 1. The SMILES string of the molecule is CCN1CCN(C(=O)Cc2ccc3c(c2)CC(C(=O)NO)CC3)CC1. The Labute approximate surface area is 148 Å². The summed E-state index contributed by atoms with van der Waals surface area (Å²) in [5.41, 5.74) is 5.14. The molecule has 2 N–H and O–H groups in total. The van der Waals surface area contributed by atoms with Crippen LogP contribution < -0.4 is 5.48 Å². The summed E-state index contributed by atoms with van der Waals surface area (Å²) in [5, 5.41) is 8.84. The molecule has 136 valence electrons. The maximum atomic E-state index is 12.6. The number of aryl methyl sites for hydroxylation is 1. The van der Waals surface area contributed by atoms with Crippen molar-refractivity contribution in [2.24, 2.45) is 5.92 Å². The highest BCUT2D eigenvalue weighted by Crippen LogP contribution is 2.27. The Balaban J connectivity index is 1.62. The van der Waals surface area contributed by atoms with Crippen molar-refractivity contribution in [1.82, 2.24) is 15.3 Å². The van der Waals surface area contributed by atoms with Crippen molar-refractivity contribution >= 4 is 11.8 Å². The summed E-state index contributed by atoms with van der Waals surface area (Å²) in [6.07, 6.45) is 2.62. The molecule has 1 aliphatic carbocycles. The van der Waals surface area contributed by atoms with Crippen LogP contribution in [0.1, 0.15) is 30.0 Å². The molecule has 1 atom stereocenters. The molecule has 2 amide bonds. The molecule has 3 rings (SSSR count). The van der Waals surface area contributed by atoms with Gasteiger partial charge in [-0.3, -0.25) is 14.8 Å². The second-order valence-corrected chi connectivity index (χ2v) is 7.01.